The third-order valence-electron chi connectivity index (χ3n) is 5.00. The van der Waals surface area contributed by atoms with Crippen LogP contribution in [-0.4, -0.2) is 32.2 Å². The zero-order valence-corrected chi connectivity index (χ0v) is 18.2. The van der Waals surface area contributed by atoms with Crippen LogP contribution in [0.25, 0.3) is 5.69 Å². The predicted molar refractivity (Wildman–Crippen MR) is 117 cm³/mol. The van der Waals surface area contributed by atoms with E-state index in [2.05, 4.69) is 20.3 Å². The number of imidazole rings is 1. The Morgan fingerprint density at radius 1 is 1.29 bits per heavy atom. The molecule has 7 nitrogen and oxygen atoms in total. The number of nitrogens with zero attached hydrogens (tertiary/aromatic N) is 3. The van der Waals surface area contributed by atoms with E-state index in [0.717, 1.165) is 17.7 Å². The van der Waals surface area contributed by atoms with Crippen LogP contribution in [0.15, 0.2) is 40.2 Å². The van der Waals surface area contributed by atoms with Gasteiger partial charge in [0.1, 0.15) is 29.1 Å². The van der Waals surface area contributed by atoms with Crippen molar-refractivity contribution in [2.75, 3.05) is 0 Å². The monoisotopic (exact) mass is 441 g/mol. The molecule has 0 radical (unpaired) electrons. The lowest BCUT2D eigenvalue weighted by atomic mass is 10.0. The molecule has 160 valence electrons. The normalized spacial score (nSPS) is 15.2. The second kappa shape index (κ2) is 7.77. The van der Waals surface area contributed by atoms with Crippen molar-refractivity contribution in [2.45, 2.75) is 39.8 Å². The van der Waals surface area contributed by atoms with Crippen molar-refractivity contribution in [1.29, 1.82) is 0 Å². The van der Waals surface area contributed by atoms with Crippen LogP contribution < -0.4 is 10.9 Å². The average molecular weight is 442 g/mol. The quantitative estimate of drug-likeness (QED) is 0.649. The van der Waals surface area contributed by atoms with E-state index in [-0.39, 0.29) is 29.0 Å². The number of nitrogens with one attached hydrogen (secondary N) is 2. The van der Waals surface area contributed by atoms with E-state index < -0.39 is 17.4 Å². The number of hydrogen-bond donors (Lipinski definition) is 2. The van der Waals surface area contributed by atoms with Crippen LogP contribution >= 0.6 is 11.6 Å². The summed E-state index contributed by atoms with van der Waals surface area (Å²) in [6.45, 7) is 7.35. The number of aliphatic imine (C=N–C) groups is 1. The first-order valence-electron chi connectivity index (χ1n) is 9.84. The van der Waals surface area contributed by atoms with Crippen molar-refractivity contribution < 1.29 is 9.18 Å². The Kier molecular flexibility index (Phi) is 5.26. The van der Waals surface area contributed by atoms with Gasteiger partial charge in [-0.25, -0.2) is 9.37 Å². The predicted octanol–water partition coefficient (Wildman–Crippen LogP) is 3.71. The molecule has 0 unspecified atom stereocenters. The summed E-state index contributed by atoms with van der Waals surface area (Å²) in [4.78, 5) is 36.2. The second-order valence-corrected chi connectivity index (χ2v) is 8.15. The van der Waals surface area contributed by atoms with Gasteiger partial charge in [-0.2, -0.15) is 0 Å². The molecule has 3 heterocycles. The molecule has 1 aromatic carbocycles. The van der Waals surface area contributed by atoms with Crippen molar-refractivity contribution in [1.82, 2.24) is 19.9 Å². The van der Waals surface area contributed by atoms with Crippen molar-refractivity contribution in [2.24, 2.45) is 4.99 Å². The highest BCUT2D eigenvalue weighted by Crippen LogP contribution is 2.35. The lowest BCUT2D eigenvalue weighted by Gasteiger charge is -2.15. The molecule has 1 atom stereocenters. The minimum absolute atomic E-state index is 0.0432. The molecular formula is C22H21ClFN5O2. The van der Waals surface area contributed by atoms with Gasteiger partial charge in [-0.05, 0) is 45.4 Å². The van der Waals surface area contributed by atoms with Gasteiger partial charge in [0.05, 0.1) is 16.4 Å². The molecule has 0 saturated heterocycles. The minimum Gasteiger partial charge on any atom is -0.348 e. The molecule has 0 bridgehead atoms. The summed E-state index contributed by atoms with van der Waals surface area (Å²) in [5.41, 5.74) is 1.79. The third-order valence-corrected chi connectivity index (χ3v) is 5.48. The number of amides is 1. The molecule has 0 spiro atoms. The van der Waals surface area contributed by atoms with Crippen molar-refractivity contribution in [3.05, 3.63) is 80.0 Å². The number of carbonyl (C=O) groups is 1. The summed E-state index contributed by atoms with van der Waals surface area (Å²) in [7, 11) is 0. The van der Waals surface area contributed by atoms with E-state index >= 15 is 0 Å². The Morgan fingerprint density at radius 3 is 2.74 bits per heavy atom. The van der Waals surface area contributed by atoms with Gasteiger partial charge >= 0.3 is 0 Å². The minimum atomic E-state index is -0.620. The van der Waals surface area contributed by atoms with Gasteiger partial charge in [0.2, 0.25) is 5.56 Å². The first-order valence-corrected chi connectivity index (χ1v) is 10.2. The number of fused-ring (bicyclic) bond motifs is 3. The summed E-state index contributed by atoms with van der Waals surface area (Å²) >= 11 is 6.66. The number of pyridine rings is 1. The fraction of sp³-hybridized carbons (Fsp3) is 0.273. The molecular weight excluding hydrogens is 421 g/mol. The van der Waals surface area contributed by atoms with E-state index in [9.17, 15) is 14.0 Å². The fourth-order valence-electron chi connectivity index (χ4n) is 3.56. The highest BCUT2D eigenvalue weighted by Gasteiger charge is 2.29. The lowest BCUT2D eigenvalue weighted by molar-refractivity contribution is 0.0938. The van der Waals surface area contributed by atoms with E-state index in [1.165, 1.54) is 0 Å². The SMILES string of the molecule is Cc1ccc2c(c1Cl)C(c1[nH]c(=O)ccc1F)=N[C@@H](C)c1nc(C(=O)NC(C)C)cn1-2. The molecule has 1 aliphatic rings. The van der Waals surface area contributed by atoms with Gasteiger partial charge in [0.15, 0.2) is 0 Å². The summed E-state index contributed by atoms with van der Waals surface area (Å²) in [5, 5.41) is 3.20. The van der Waals surface area contributed by atoms with Crippen LogP contribution in [0.2, 0.25) is 5.02 Å². The maximum atomic E-state index is 14.7. The fourth-order valence-corrected chi connectivity index (χ4v) is 3.81. The van der Waals surface area contributed by atoms with E-state index in [1.54, 1.807) is 17.7 Å². The number of aryl methyl sites for hydroxylation is 1. The topological polar surface area (TPSA) is 92.1 Å². The first-order chi connectivity index (χ1) is 14.7. The number of hydrogen-bond acceptors (Lipinski definition) is 4. The number of benzene rings is 1. The zero-order valence-electron chi connectivity index (χ0n) is 17.5. The summed E-state index contributed by atoms with van der Waals surface area (Å²) < 4.78 is 16.5. The molecule has 2 aromatic heterocycles. The standard InChI is InChI=1S/C22H21ClFN5O2/c1-10(2)25-22(31)14-9-29-15-7-5-11(3)18(23)17(15)20(26-12(4)21(29)27-14)19-13(24)6-8-16(30)28-19/h5-10,12H,1-4H3,(H,25,31)(H,28,30)/t12-/m0/s1. The Balaban J connectivity index is 1.99. The molecule has 0 saturated carbocycles. The summed E-state index contributed by atoms with van der Waals surface area (Å²) in [6, 6.07) is 5.28. The molecule has 4 rings (SSSR count). The van der Waals surface area contributed by atoms with Gasteiger partial charge in [0, 0.05) is 23.9 Å². The van der Waals surface area contributed by atoms with Crippen LogP contribution in [0.4, 0.5) is 4.39 Å². The van der Waals surface area contributed by atoms with Crippen LogP contribution in [0, 0.1) is 12.7 Å². The molecule has 0 aliphatic carbocycles. The van der Waals surface area contributed by atoms with Crippen LogP contribution in [0.5, 0.6) is 0 Å². The lowest BCUT2D eigenvalue weighted by Crippen LogP contribution is -2.30. The van der Waals surface area contributed by atoms with Crippen molar-refractivity contribution in [3.8, 4) is 5.69 Å². The number of aromatic amines is 1. The van der Waals surface area contributed by atoms with Crippen molar-refractivity contribution >= 4 is 23.2 Å². The van der Waals surface area contributed by atoms with E-state index in [0.29, 0.717) is 22.1 Å². The maximum absolute atomic E-state index is 14.7. The molecule has 1 amide bonds. The first kappa shape index (κ1) is 21.0. The number of H-pyrrole nitrogens is 1. The number of halogens is 2. The molecule has 2 N–H and O–H groups in total. The van der Waals surface area contributed by atoms with Crippen LogP contribution in [0.1, 0.15) is 59.9 Å². The summed E-state index contributed by atoms with van der Waals surface area (Å²) in [6.07, 6.45) is 1.62. The Morgan fingerprint density at radius 2 is 2.03 bits per heavy atom. The average Bonchev–Trinajstić information content (AvgIpc) is 3.11. The van der Waals surface area contributed by atoms with Crippen molar-refractivity contribution in [3.63, 3.8) is 0 Å². The van der Waals surface area contributed by atoms with Gasteiger partial charge in [0.25, 0.3) is 5.91 Å². The van der Waals surface area contributed by atoms with Crippen LogP contribution in [0.3, 0.4) is 0 Å². The molecule has 9 heteroatoms. The third kappa shape index (κ3) is 3.67. The second-order valence-electron chi connectivity index (χ2n) is 7.77. The smallest absolute Gasteiger partial charge is 0.271 e. The Bertz CT molecular complexity index is 1290. The molecule has 0 fully saturated rings. The molecule has 31 heavy (non-hydrogen) atoms. The zero-order chi connectivity index (χ0) is 22.4. The number of rotatable bonds is 3. The molecule has 1 aliphatic heterocycles. The largest absolute Gasteiger partial charge is 0.348 e. The number of carbonyl (C=O) groups excluding carboxylic acids is 1. The molecule has 3 aromatic rings. The van der Waals surface area contributed by atoms with Gasteiger partial charge in [-0.1, -0.05) is 17.7 Å². The van der Waals surface area contributed by atoms with Gasteiger partial charge in [-0.3, -0.25) is 14.6 Å². The van der Waals surface area contributed by atoms with E-state index in [1.807, 2.05) is 32.9 Å². The Hall–Kier alpha value is -3.26. The Labute approximate surface area is 183 Å². The number of aromatic nitrogens is 3. The highest BCUT2D eigenvalue weighted by atomic mass is 35.5. The van der Waals surface area contributed by atoms with Gasteiger partial charge < -0.3 is 14.9 Å². The maximum Gasteiger partial charge on any atom is 0.271 e. The summed E-state index contributed by atoms with van der Waals surface area (Å²) in [5.74, 6) is -0.417. The van der Waals surface area contributed by atoms with E-state index in [4.69, 9.17) is 11.6 Å². The van der Waals surface area contributed by atoms with Gasteiger partial charge in [-0.15, -0.1) is 0 Å². The van der Waals surface area contributed by atoms with Crippen LogP contribution in [-0.2, 0) is 0 Å². The highest BCUT2D eigenvalue weighted by molar-refractivity contribution is 6.36.